The molecule has 3 aromatic rings. The molecule has 0 radical (unpaired) electrons. The number of urea groups is 1. The predicted molar refractivity (Wildman–Crippen MR) is 168 cm³/mol. The summed E-state index contributed by atoms with van der Waals surface area (Å²) < 4.78 is 71.6. The highest BCUT2D eigenvalue weighted by molar-refractivity contribution is 7.90. The van der Waals surface area contributed by atoms with Gasteiger partial charge in [-0.15, -0.1) is 0 Å². The van der Waals surface area contributed by atoms with Crippen LogP contribution < -0.4 is 15.2 Å². The van der Waals surface area contributed by atoms with Crippen molar-refractivity contribution in [3.63, 3.8) is 0 Å². The van der Waals surface area contributed by atoms with Gasteiger partial charge in [0, 0.05) is 54.6 Å². The predicted octanol–water partition coefficient (Wildman–Crippen LogP) is 4.91. The van der Waals surface area contributed by atoms with Crippen molar-refractivity contribution in [2.45, 2.75) is 59.1 Å². The van der Waals surface area contributed by atoms with Crippen LogP contribution in [0, 0.1) is 0 Å². The molecule has 230 valence electrons. The highest BCUT2D eigenvalue weighted by atomic mass is 35.5. The van der Waals surface area contributed by atoms with Crippen LogP contribution in [0.4, 0.5) is 10.5 Å². The second kappa shape index (κ2) is 14.7. The fourth-order valence-electron chi connectivity index (χ4n) is 3.67. The molecule has 0 heterocycles. The molecule has 3 rings (SSSR count). The van der Waals surface area contributed by atoms with Crippen molar-refractivity contribution in [3.05, 3.63) is 76.8 Å². The van der Waals surface area contributed by atoms with E-state index in [4.69, 9.17) is 16.7 Å². The molecule has 0 saturated carbocycles. The average molecular weight is 676 g/mol. The minimum atomic E-state index is -4.13. The quantitative estimate of drug-likeness (QED) is 0.305. The Bertz CT molecular complexity index is 1700. The molecular formula is C27H34ClN3O7S4. The largest absolute Gasteiger partial charge is 0.333 e. The maximum Gasteiger partial charge on any atom is 0.333 e. The van der Waals surface area contributed by atoms with Gasteiger partial charge in [-0.1, -0.05) is 51.4 Å². The van der Waals surface area contributed by atoms with Crippen molar-refractivity contribution >= 4 is 65.0 Å². The Hall–Kier alpha value is -2.62. The number of hydrogen-bond donors (Lipinski definition) is 3. The lowest BCUT2D eigenvalue weighted by atomic mass is 9.92. The summed E-state index contributed by atoms with van der Waals surface area (Å²) in [4.78, 5) is 13.2. The molecule has 0 aliphatic heterocycles. The van der Waals surface area contributed by atoms with Crippen LogP contribution >= 0.6 is 11.6 Å². The van der Waals surface area contributed by atoms with E-state index < -0.39 is 47.7 Å². The number of halogens is 1. The second-order valence-corrected chi connectivity index (χ2v) is 16.2. The number of benzene rings is 3. The van der Waals surface area contributed by atoms with Gasteiger partial charge in [-0.3, -0.25) is 8.42 Å². The molecule has 2 amide bonds. The van der Waals surface area contributed by atoms with Crippen LogP contribution in [-0.2, 0) is 41.6 Å². The van der Waals surface area contributed by atoms with Crippen molar-refractivity contribution < 1.29 is 30.0 Å². The van der Waals surface area contributed by atoms with Gasteiger partial charge in [0.05, 0.1) is 9.79 Å². The standard InChI is InChI=1S/C20H25ClN2O4S2.C7H9NO3S2/c1-12(2)17-9-14(21)10-18(13(3)4)19(17)22-20(24)23-29(26,27)16-8-6-7-15(11-16)28(5)25;1-12(9)6-3-2-4-7(5-6)13(8,10)11/h6-13H,1-5H3,(H2,22,23,24);2-5H,1H3,(H2,8,10,11). The van der Waals surface area contributed by atoms with Crippen LogP contribution in [0.15, 0.2) is 80.2 Å². The summed E-state index contributed by atoms with van der Waals surface area (Å²) in [6.45, 7) is 7.86. The first-order valence-corrected chi connectivity index (χ1v) is 18.9. The van der Waals surface area contributed by atoms with E-state index >= 15 is 0 Å². The number of nitrogens with one attached hydrogen (secondary N) is 2. The van der Waals surface area contributed by atoms with Crippen molar-refractivity contribution in [1.29, 1.82) is 0 Å². The fraction of sp³-hybridized carbons (Fsp3) is 0.296. The van der Waals surface area contributed by atoms with Gasteiger partial charge in [0.15, 0.2) is 0 Å². The van der Waals surface area contributed by atoms with E-state index in [-0.39, 0.29) is 21.6 Å². The van der Waals surface area contributed by atoms with Gasteiger partial charge >= 0.3 is 6.03 Å². The lowest BCUT2D eigenvalue weighted by molar-refractivity contribution is 0.256. The van der Waals surface area contributed by atoms with E-state index in [1.807, 2.05) is 32.4 Å². The first-order chi connectivity index (χ1) is 19.3. The molecule has 2 unspecified atom stereocenters. The second-order valence-electron chi connectivity index (χ2n) is 9.73. The maximum absolute atomic E-state index is 12.6. The molecule has 0 aliphatic carbocycles. The van der Waals surface area contributed by atoms with E-state index in [2.05, 4.69) is 5.32 Å². The van der Waals surface area contributed by atoms with E-state index in [9.17, 15) is 30.0 Å². The number of carbonyl (C=O) groups is 1. The zero-order valence-corrected chi connectivity index (χ0v) is 27.9. The van der Waals surface area contributed by atoms with Crippen LogP contribution in [0.25, 0.3) is 0 Å². The summed E-state index contributed by atoms with van der Waals surface area (Å²) in [6, 6.07) is 14.1. The lowest BCUT2D eigenvalue weighted by Gasteiger charge is -2.21. The van der Waals surface area contributed by atoms with Crippen LogP contribution in [0.2, 0.25) is 5.02 Å². The van der Waals surface area contributed by atoms with Gasteiger partial charge < -0.3 is 5.32 Å². The number of hydrogen-bond acceptors (Lipinski definition) is 7. The SMILES string of the molecule is CC(C)c1cc(Cl)cc(C(C)C)c1NC(=O)NS(=O)(=O)c1cccc(S(C)=O)c1.CS(=O)c1cccc(S(N)(=O)=O)c1. The molecule has 4 N–H and O–H groups in total. The Morgan fingerprint density at radius 3 is 1.62 bits per heavy atom. The third kappa shape index (κ3) is 9.99. The molecule has 0 bridgehead atoms. The zero-order chi connectivity index (χ0) is 32.0. The number of primary sulfonamides is 1. The molecule has 3 aromatic carbocycles. The maximum atomic E-state index is 12.6. The molecule has 10 nitrogen and oxygen atoms in total. The number of sulfonamides is 2. The number of anilines is 1. The summed E-state index contributed by atoms with van der Waals surface area (Å²) in [7, 11) is -10.4. The van der Waals surface area contributed by atoms with Gasteiger partial charge in [0.25, 0.3) is 10.0 Å². The highest BCUT2D eigenvalue weighted by Gasteiger charge is 2.22. The third-order valence-corrected chi connectivity index (χ3v) is 10.1. The topological polar surface area (TPSA) is 170 Å². The molecule has 42 heavy (non-hydrogen) atoms. The molecule has 0 spiro atoms. The Labute approximate surface area is 257 Å². The van der Waals surface area contributed by atoms with Gasteiger partial charge in [0.2, 0.25) is 10.0 Å². The van der Waals surface area contributed by atoms with Crippen molar-refractivity contribution in [3.8, 4) is 0 Å². The summed E-state index contributed by atoms with van der Waals surface area (Å²) in [5.41, 5.74) is 2.18. The molecule has 0 saturated heterocycles. The van der Waals surface area contributed by atoms with E-state index in [0.29, 0.717) is 20.5 Å². The minimum Gasteiger partial charge on any atom is -0.307 e. The minimum absolute atomic E-state index is 0.0137. The summed E-state index contributed by atoms with van der Waals surface area (Å²) in [6.07, 6.45) is 2.93. The van der Waals surface area contributed by atoms with Gasteiger partial charge in [-0.2, -0.15) is 0 Å². The molecule has 15 heteroatoms. The first kappa shape index (κ1) is 35.6. The third-order valence-electron chi connectivity index (χ3n) is 5.79. The molecule has 2 atom stereocenters. The molecule has 0 aliphatic rings. The summed E-state index contributed by atoms with van der Waals surface area (Å²) >= 11 is 6.22. The van der Waals surface area contributed by atoms with Crippen LogP contribution in [0.5, 0.6) is 0 Å². The first-order valence-electron chi connectivity index (χ1n) is 12.4. The number of rotatable bonds is 8. The van der Waals surface area contributed by atoms with Gasteiger partial charge in [-0.05, 0) is 71.5 Å². The van der Waals surface area contributed by atoms with Crippen LogP contribution in [0.1, 0.15) is 50.7 Å². The summed E-state index contributed by atoms with van der Waals surface area (Å²) in [5.74, 6) is 0.128. The van der Waals surface area contributed by atoms with E-state index in [1.165, 1.54) is 48.9 Å². The fourth-order valence-corrected chi connectivity index (χ4v) is 6.70. The van der Waals surface area contributed by atoms with Gasteiger partial charge in [0.1, 0.15) is 0 Å². The Morgan fingerprint density at radius 2 is 1.21 bits per heavy atom. The summed E-state index contributed by atoms with van der Waals surface area (Å²) in [5, 5.41) is 8.14. The lowest BCUT2D eigenvalue weighted by Crippen LogP contribution is -2.35. The van der Waals surface area contributed by atoms with Crippen molar-refractivity contribution in [2.75, 3.05) is 17.8 Å². The number of carbonyl (C=O) groups excluding carboxylic acids is 1. The molecule has 0 aromatic heterocycles. The normalized spacial score (nSPS) is 13.2. The molecular weight excluding hydrogens is 642 g/mol. The Morgan fingerprint density at radius 1 is 0.786 bits per heavy atom. The zero-order valence-electron chi connectivity index (χ0n) is 23.9. The van der Waals surface area contributed by atoms with Gasteiger partial charge in [-0.25, -0.2) is 31.5 Å². The van der Waals surface area contributed by atoms with Crippen molar-refractivity contribution in [1.82, 2.24) is 4.72 Å². The smallest absolute Gasteiger partial charge is 0.307 e. The average Bonchev–Trinajstić information content (AvgIpc) is 2.88. The highest BCUT2D eigenvalue weighted by Crippen LogP contribution is 2.35. The van der Waals surface area contributed by atoms with Crippen LogP contribution in [-0.4, -0.2) is 43.8 Å². The Balaban J connectivity index is 0.000000395. The Kier molecular flexibility index (Phi) is 12.5. The van der Waals surface area contributed by atoms with Crippen molar-refractivity contribution in [2.24, 2.45) is 5.14 Å². The van der Waals surface area contributed by atoms with E-state index in [0.717, 1.165) is 11.1 Å². The van der Waals surface area contributed by atoms with Crippen LogP contribution in [0.3, 0.4) is 0 Å². The molecule has 0 fully saturated rings. The number of nitrogens with two attached hydrogens (primary N) is 1. The number of amides is 2. The van der Waals surface area contributed by atoms with E-state index in [1.54, 1.807) is 24.3 Å². The monoisotopic (exact) mass is 675 g/mol.